The molecular weight excluding hydrogens is 358 g/mol. The van der Waals surface area contributed by atoms with Gasteiger partial charge in [0, 0.05) is 23.2 Å². The number of rotatable bonds is 4. The molecule has 0 saturated carbocycles. The molecule has 0 atom stereocenters. The van der Waals surface area contributed by atoms with Gasteiger partial charge in [-0.05, 0) is 38.1 Å². The molecular formula is C21H19N3O4. The first-order chi connectivity index (χ1) is 13.5. The summed E-state index contributed by atoms with van der Waals surface area (Å²) < 4.78 is 12.4. The number of fused-ring (bicyclic) bond motifs is 1. The molecule has 7 heteroatoms. The van der Waals surface area contributed by atoms with E-state index in [9.17, 15) is 9.90 Å². The number of aromatic nitrogens is 3. The summed E-state index contributed by atoms with van der Waals surface area (Å²) in [5, 5.41) is 14.9. The van der Waals surface area contributed by atoms with Crippen molar-refractivity contribution in [3.63, 3.8) is 0 Å². The zero-order valence-electron chi connectivity index (χ0n) is 15.8. The average Bonchev–Trinajstić information content (AvgIpc) is 3.03. The predicted octanol–water partition coefficient (Wildman–Crippen LogP) is 3.43. The molecule has 0 bridgehead atoms. The standard InChI is InChI=1S/C21H19N3O4/c1-12-20(13(2)28-23-12)16-8-14-9-18(25)21(26)24(17(14)10-19(16)27-3)11-15-6-4-5-7-22-15/h4-10,25H,11H2,1-3H3. The maximum atomic E-state index is 12.6. The van der Waals surface area contributed by atoms with Gasteiger partial charge in [0.1, 0.15) is 11.5 Å². The van der Waals surface area contributed by atoms with Gasteiger partial charge in [-0.1, -0.05) is 11.2 Å². The summed E-state index contributed by atoms with van der Waals surface area (Å²) in [6, 6.07) is 10.6. The van der Waals surface area contributed by atoms with E-state index in [2.05, 4.69) is 10.1 Å². The first-order valence-corrected chi connectivity index (χ1v) is 8.77. The van der Waals surface area contributed by atoms with Gasteiger partial charge in [0.25, 0.3) is 5.56 Å². The Bertz CT molecular complexity index is 1210. The topological polar surface area (TPSA) is 90.4 Å². The van der Waals surface area contributed by atoms with Crippen molar-refractivity contribution >= 4 is 10.9 Å². The number of aryl methyl sites for hydroxylation is 2. The fourth-order valence-electron chi connectivity index (χ4n) is 3.43. The molecule has 0 aliphatic heterocycles. The molecule has 0 aliphatic carbocycles. The number of pyridine rings is 2. The van der Waals surface area contributed by atoms with Crippen molar-refractivity contribution in [2.24, 2.45) is 0 Å². The first kappa shape index (κ1) is 17.8. The molecule has 4 rings (SSSR count). The van der Waals surface area contributed by atoms with Crippen molar-refractivity contribution in [3.05, 3.63) is 70.1 Å². The third kappa shape index (κ3) is 2.90. The molecule has 7 nitrogen and oxygen atoms in total. The third-order valence-electron chi connectivity index (χ3n) is 4.75. The summed E-state index contributed by atoms with van der Waals surface area (Å²) in [6.07, 6.45) is 1.67. The zero-order chi connectivity index (χ0) is 19.8. The minimum Gasteiger partial charge on any atom is -0.503 e. The van der Waals surface area contributed by atoms with Crippen LogP contribution in [0.2, 0.25) is 0 Å². The molecule has 1 aromatic carbocycles. The molecule has 28 heavy (non-hydrogen) atoms. The van der Waals surface area contributed by atoms with Crippen LogP contribution in [0.25, 0.3) is 22.0 Å². The van der Waals surface area contributed by atoms with Crippen LogP contribution in [-0.4, -0.2) is 26.9 Å². The average molecular weight is 377 g/mol. The number of aromatic hydroxyl groups is 1. The van der Waals surface area contributed by atoms with Gasteiger partial charge in [-0.3, -0.25) is 14.3 Å². The van der Waals surface area contributed by atoms with Gasteiger partial charge in [0.15, 0.2) is 5.75 Å². The Kier molecular flexibility index (Phi) is 4.35. The summed E-state index contributed by atoms with van der Waals surface area (Å²) >= 11 is 0. The molecule has 1 N–H and O–H groups in total. The molecule has 0 fully saturated rings. The van der Waals surface area contributed by atoms with E-state index in [1.54, 1.807) is 19.4 Å². The quantitative estimate of drug-likeness (QED) is 0.586. The molecule has 0 aliphatic rings. The van der Waals surface area contributed by atoms with E-state index >= 15 is 0 Å². The molecule has 142 valence electrons. The summed E-state index contributed by atoms with van der Waals surface area (Å²) in [5.74, 6) is 0.932. The van der Waals surface area contributed by atoms with Crippen LogP contribution in [0, 0.1) is 13.8 Å². The van der Waals surface area contributed by atoms with Gasteiger partial charge in [0.05, 0.1) is 36.1 Å². The van der Waals surface area contributed by atoms with E-state index in [0.717, 1.165) is 16.8 Å². The van der Waals surface area contributed by atoms with Crippen LogP contribution in [0.15, 0.2) is 51.9 Å². The minimum absolute atomic E-state index is 0.235. The van der Waals surface area contributed by atoms with Gasteiger partial charge in [0.2, 0.25) is 0 Å². The molecule has 0 saturated heterocycles. The van der Waals surface area contributed by atoms with Crippen molar-refractivity contribution in [2.75, 3.05) is 7.11 Å². The molecule has 3 aromatic heterocycles. The summed E-state index contributed by atoms with van der Waals surface area (Å²) in [5.41, 5.74) is 3.23. The Balaban J connectivity index is 1.99. The number of hydrogen-bond acceptors (Lipinski definition) is 6. The lowest BCUT2D eigenvalue weighted by Gasteiger charge is -2.15. The van der Waals surface area contributed by atoms with E-state index in [1.165, 1.54) is 10.6 Å². The smallest absolute Gasteiger partial charge is 0.293 e. The van der Waals surface area contributed by atoms with Crippen LogP contribution in [0.1, 0.15) is 17.1 Å². The third-order valence-corrected chi connectivity index (χ3v) is 4.75. The fraction of sp³-hybridized carbons (Fsp3) is 0.190. The van der Waals surface area contributed by atoms with Crippen molar-refractivity contribution < 1.29 is 14.4 Å². The summed E-state index contributed by atoms with van der Waals surface area (Å²) in [6.45, 7) is 3.92. The van der Waals surface area contributed by atoms with Crippen molar-refractivity contribution in [1.82, 2.24) is 14.7 Å². The largest absolute Gasteiger partial charge is 0.503 e. The number of benzene rings is 1. The van der Waals surface area contributed by atoms with Gasteiger partial charge < -0.3 is 14.4 Å². The van der Waals surface area contributed by atoms with Crippen LogP contribution in [0.3, 0.4) is 0 Å². The Morgan fingerprint density at radius 2 is 2.04 bits per heavy atom. The number of hydrogen-bond donors (Lipinski definition) is 1. The van der Waals surface area contributed by atoms with Gasteiger partial charge in [-0.2, -0.15) is 0 Å². The first-order valence-electron chi connectivity index (χ1n) is 8.77. The van der Waals surface area contributed by atoms with E-state index < -0.39 is 5.56 Å². The Morgan fingerprint density at radius 3 is 2.68 bits per heavy atom. The van der Waals surface area contributed by atoms with Crippen LogP contribution in [0.4, 0.5) is 0 Å². The lowest BCUT2D eigenvalue weighted by molar-refractivity contribution is 0.393. The SMILES string of the molecule is COc1cc2c(cc1-c1c(C)noc1C)cc(O)c(=O)n2Cc1ccccn1. The van der Waals surface area contributed by atoms with E-state index in [4.69, 9.17) is 9.26 Å². The summed E-state index contributed by atoms with van der Waals surface area (Å²) in [7, 11) is 1.57. The molecule has 3 heterocycles. The van der Waals surface area contributed by atoms with Crippen LogP contribution < -0.4 is 10.3 Å². The Hall–Kier alpha value is -3.61. The predicted molar refractivity (Wildman–Crippen MR) is 105 cm³/mol. The highest BCUT2D eigenvalue weighted by Gasteiger charge is 2.19. The second kappa shape index (κ2) is 6.84. The van der Waals surface area contributed by atoms with E-state index in [1.807, 2.05) is 38.1 Å². The highest BCUT2D eigenvalue weighted by molar-refractivity contribution is 5.90. The van der Waals surface area contributed by atoms with E-state index in [-0.39, 0.29) is 12.3 Å². The number of ether oxygens (including phenoxy) is 1. The second-order valence-corrected chi connectivity index (χ2v) is 6.55. The maximum absolute atomic E-state index is 12.6. The second-order valence-electron chi connectivity index (χ2n) is 6.55. The fourth-order valence-corrected chi connectivity index (χ4v) is 3.43. The van der Waals surface area contributed by atoms with Crippen LogP contribution in [-0.2, 0) is 6.54 Å². The van der Waals surface area contributed by atoms with Crippen LogP contribution in [0.5, 0.6) is 11.5 Å². The van der Waals surface area contributed by atoms with E-state index in [0.29, 0.717) is 28.1 Å². The lowest BCUT2D eigenvalue weighted by Crippen LogP contribution is -2.21. The molecule has 0 amide bonds. The highest BCUT2D eigenvalue weighted by Crippen LogP contribution is 2.37. The summed E-state index contributed by atoms with van der Waals surface area (Å²) in [4.78, 5) is 16.9. The number of methoxy groups -OCH3 is 1. The minimum atomic E-state index is -0.481. The van der Waals surface area contributed by atoms with Crippen molar-refractivity contribution in [1.29, 1.82) is 0 Å². The monoisotopic (exact) mass is 377 g/mol. The number of nitrogens with zero attached hydrogens (tertiary/aromatic N) is 3. The molecule has 0 spiro atoms. The maximum Gasteiger partial charge on any atom is 0.293 e. The lowest BCUT2D eigenvalue weighted by atomic mass is 10.00. The highest BCUT2D eigenvalue weighted by atomic mass is 16.5. The Labute approximate surface area is 160 Å². The van der Waals surface area contributed by atoms with Crippen molar-refractivity contribution in [2.45, 2.75) is 20.4 Å². The van der Waals surface area contributed by atoms with Crippen LogP contribution >= 0.6 is 0 Å². The van der Waals surface area contributed by atoms with Crippen molar-refractivity contribution in [3.8, 4) is 22.6 Å². The molecule has 0 unspecified atom stereocenters. The van der Waals surface area contributed by atoms with Gasteiger partial charge in [-0.25, -0.2) is 0 Å². The Morgan fingerprint density at radius 1 is 1.21 bits per heavy atom. The zero-order valence-corrected chi connectivity index (χ0v) is 15.8. The van der Waals surface area contributed by atoms with Gasteiger partial charge >= 0.3 is 0 Å². The molecule has 4 aromatic rings. The normalized spacial score (nSPS) is 11.1. The van der Waals surface area contributed by atoms with Gasteiger partial charge in [-0.15, -0.1) is 0 Å². The molecule has 0 radical (unpaired) electrons.